The van der Waals surface area contributed by atoms with E-state index in [9.17, 15) is 14.0 Å². The lowest BCUT2D eigenvalue weighted by atomic mass is 10.3. The summed E-state index contributed by atoms with van der Waals surface area (Å²) >= 11 is 1.22. The average molecular weight is 353 g/mol. The van der Waals surface area contributed by atoms with E-state index in [0.717, 1.165) is 0 Å². The van der Waals surface area contributed by atoms with Gasteiger partial charge in [-0.1, -0.05) is 0 Å². The monoisotopic (exact) mass is 353 g/mol. The van der Waals surface area contributed by atoms with Crippen molar-refractivity contribution in [1.82, 2.24) is 5.32 Å². The van der Waals surface area contributed by atoms with Crippen molar-refractivity contribution in [2.24, 2.45) is 0 Å². The van der Waals surface area contributed by atoms with Crippen LogP contribution in [-0.4, -0.2) is 35.0 Å². The van der Waals surface area contributed by atoms with Gasteiger partial charge in [0.25, 0.3) is 5.91 Å². The molecule has 0 spiro atoms. The molecule has 0 saturated carbocycles. The van der Waals surface area contributed by atoms with E-state index >= 15 is 0 Å². The van der Waals surface area contributed by atoms with Crippen molar-refractivity contribution in [3.05, 3.63) is 53.7 Å². The van der Waals surface area contributed by atoms with Gasteiger partial charge in [-0.2, -0.15) is 0 Å². The molecule has 0 aliphatic carbocycles. The van der Waals surface area contributed by atoms with Gasteiger partial charge in [0.2, 0.25) is 0 Å². The molecule has 0 bridgehead atoms. The number of furan rings is 1. The molecule has 8 heteroatoms. The second-order valence-corrected chi connectivity index (χ2v) is 5.82. The van der Waals surface area contributed by atoms with Crippen molar-refractivity contribution >= 4 is 23.6 Å². The molecule has 2 N–H and O–H groups in total. The minimum Gasteiger partial charge on any atom is -0.486 e. The molecule has 1 aromatic carbocycles. The summed E-state index contributed by atoms with van der Waals surface area (Å²) in [7, 11) is 0. The number of thioether (sulfide) groups is 1. The Bertz CT molecular complexity index is 686. The van der Waals surface area contributed by atoms with Gasteiger partial charge in [0, 0.05) is 12.3 Å². The Kier molecular flexibility index (Phi) is 6.68. The van der Waals surface area contributed by atoms with Crippen molar-refractivity contribution in [3.8, 4) is 5.75 Å². The number of aliphatic carboxylic acids is 1. The number of halogens is 1. The summed E-state index contributed by atoms with van der Waals surface area (Å²) in [5.74, 6) is -0.00121. The van der Waals surface area contributed by atoms with Crippen LogP contribution < -0.4 is 10.1 Å². The molecule has 0 radical (unpaired) electrons. The minimum atomic E-state index is -0.886. The summed E-state index contributed by atoms with van der Waals surface area (Å²) in [6.45, 7) is 0.465. The molecule has 128 valence electrons. The number of rotatable bonds is 9. The third-order valence-corrected chi connectivity index (χ3v) is 3.78. The maximum Gasteiger partial charge on any atom is 0.313 e. The van der Waals surface area contributed by atoms with E-state index in [1.807, 2.05) is 0 Å². The first-order valence-electron chi connectivity index (χ1n) is 7.09. The number of amides is 1. The number of carbonyl (C=O) groups excluding carboxylic acids is 1. The molecule has 0 fully saturated rings. The zero-order chi connectivity index (χ0) is 17.4. The molecular formula is C16H16FNO5S. The minimum absolute atomic E-state index is 0.00148. The second-order valence-electron chi connectivity index (χ2n) is 4.71. The Labute approximate surface area is 142 Å². The first-order valence-corrected chi connectivity index (χ1v) is 8.25. The van der Waals surface area contributed by atoms with Crippen LogP contribution in [0.15, 0.2) is 40.8 Å². The van der Waals surface area contributed by atoms with Crippen molar-refractivity contribution in [1.29, 1.82) is 0 Å². The molecule has 2 rings (SSSR count). The molecule has 0 aliphatic heterocycles. The summed E-state index contributed by atoms with van der Waals surface area (Å²) in [4.78, 5) is 22.2. The Balaban J connectivity index is 1.74. The van der Waals surface area contributed by atoms with Gasteiger partial charge in [-0.3, -0.25) is 9.59 Å². The zero-order valence-corrected chi connectivity index (χ0v) is 13.5. The Morgan fingerprint density at radius 3 is 2.67 bits per heavy atom. The van der Waals surface area contributed by atoms with Gasteiger partial charge in [-0.05, 0) is 36.4 Å². The number of hydrogen-bond donors (Lipinski definition) is 2. The molecular weight excluding hydrogens is 337 g/mol. The molecule has 6 nitrogen and oxygen atoms in total. The lowest BCUT2D eigenvalue weighted by Crippen LogP contribution is -2.25. The van der Waals surface area contributed by atoms with E-state index < -0.39 is 5.97 Å². The standard InChI is InChI=1S/C16H16FNO5S/c17-11-1-3-12(4-2-11)22-9-13-5-6-14(23-13)16(21)18-7-8-24-10-15(19)20/h1-6H,7-10H2,(H,18,21)(H,19,20). The van der Waals surface area contributed by atoms with Crippen molar-refractivity contribution in [2.45, 2.75) is 6.61 Å². The summed E-state index contributed by atoms with van der Waals surface area (Å²) < 4.78 is 23.6. The number of carbonyl (C=O) groups is 2. The Morgan fingerprint density at radius 2 is 1.96 bits per heavy atom. The van der Waals surface area contributed by atoms with Crippen LogP contribution in [0, 0.1) is 5.82 Å². The van der Waals surface area contributed by atoms with E-state index in [0.29, 0.717) is 23.8 Å². The highest BCUT2D eigenvalue weighted by Crippen LogP contribution is 2.15. The average Bonchev–Trinajstić information content (AvgIpc) is 3.02. The van der Waals surface area contributed by atoms with E-state index in [1.54, 1.807) is 6.07 Å². The van der Waals surface area contributed by atoms with Crippen molar-refractivity contribution in [2.75, 3.05) is 18.1 Å². The molecule has 0 unspecified atom stereocenters. The Morgan fingerprint density at radius 1 is 1.21 bits per heavy atom. The van der Waals surface area contributed by atoms with Crippen LogP contribution in [-0.2, 0) is 11.4 Å². The first kappa shape index (κ1) is 17.9. The zero-order valence-electron chi connectivity index (χ0n) is 12.7. The molecule has 0 atom stereocenters. The van der Waals surface area contributed by atoms with Crippen molar-refractivity contribution < 1.29 is 28.2 Å². The van der Waals surface area contributed by atoms with Crippen LogP contribution in [0.1, 0.15) is 16.3 Å². The molecule has 0 saturated heterocycles. The number of hydrogen-bond acceptors (Lipinski definition) is 5. The van der Waals surface area contributed by atoms with E-state index in [1.165, 1.54) is 42.1 Å². The maximum absolute atomic E-state index is 12.8. The molecule has 1 aromatic heterocycles. The number of carboxylic acid groups (broad SMARTS) is 1. The van der Waals surface area contributed by atoms with Crippen LogP contribution >= 0.6 is 11.8 Å². The summed E-state index contributed by atoms with van der Waals surface area (Å²) in [6, 6.07) is 8.74. The Hall–Kier alpha value is -2.48. The van der Waals surface area contributed by atoms with Gasteiger partial charge in [0.05, 0.1) is 5.75 Å². The van der Waals surface area contributed by atoms with E-state index in [4.69, 9.17) is 14.3 Å². The number of benzene rings is 1. The van der Waals surface area contributed by atoms with Gasteiger partial charge in [-0.25, -0.2) is 4.39 Å². The highest BCUT2D eigenvalue weighted by Gasteiger charge is 2.11. The SMILES string of the molecule is O=C(O)CSCCNC(=O)c1ccc(COc2ccc(F)cc2)o1. The fourth-order valence-electron chi connectivity index (χ4n) is 1.75. The van der Waals surface area contributed by atoms with Gasteiger partial charge in [0.15, 0.2) is 5.76 Å². The third-order valence-electron chi connectivity index (χ3n) is 2.84. The maximum atomic E-state index is 12.8. The highest BCUT2D eigenvalue weighted by molar-refractivity contribution is 7.99. The predicted molar refractivity (Wildman–Crippen MR) is 86.7 cm³/mol. The van der Waals surface area contributed by atoms with E-state index in [-0.39, 0.29) is 29.8 Å². The van der Waals surface area contributed by atoms with E-state index in [2.05, 4.69) is 5.32 Å². The first-order chi connectivity index (χ1) is 11.5. The summed E-state index contributed by atoms with van der Waals surface area (Å²) in [5.41, 5.74) is 0. The van der Waals surface area contributed by atoms with Crippen LogP contribution in [0.2, 0.25) is 0 Å². The highest BCUT2D eigenvalue weighted by atomic mass is 32.2. The van der Waals surface area contributed by atoms with Crippen LogP contribution in [0.4, 0.5) is 4.39 Å². The van der Waals surface area contributed by atoms with Gasteiger partial charge < -0.3 is 19.6 Å². The fourth-order valence-corrected chi connectivity index (χ4v) is 2.31. The van der Waals surface area contributed by atoms with Gasteiger partial charge in [-0.15, -0.1) is 11.8 Å². The molecule has 2 aromatic rings. The molecule has 24 heavy (non-hydrogen) atoms. The molecule has 1 amide bonds. The number of carboxylic acids is 1. The lowest BCUT2D eigenvalue weighted by Gasteiger charge is -2.04. The topological polar surface area (TPSA) is 88.8 Å². The third kappa shape index (κ3) is 5.96. The number of nitrogens with one attached hydrogen (secondary N) is 1. The lowest BCUT2D eigenvalue weighted by molar-refractivity contribution is -0.133. The largest absolute Gasteiger partial charge is 0.486 e. The van der Waals surface area contributed by atoms with Crippen LogP contribution in [0.3, 0.4) is 0 Å². The van der Waals surface area contributed by atoms with Gasteiger partial charge in [0.1, 0.15) is 23.9 Å². The number of ether oxygens (including phenoxy) is 1. The molecule has 1 heterocycles. The normalized spacial score (nSPS) is 10.4. The van der Waals surface area contributed by atoms with Gasteiger partial charge >= 0.3 is 5.97 Å². The summed E-state index contributed by atoms with van der Waals surface area (Å²) in [5, 5.41) is 11.1. The fraction of sp³-hybridized carbons (Fsp3) is 0.250. The predicted octanol–water partition coefficient (Wildman–Crippen LogP) is 2.55. The smallest absolute Gasteiger partial charge is 0.313 e. The van der Waals surface area contributed by atoms with Crippen LogP contribution in [0.25, 0.3) is 0 Å². The van der Waals surface area contributed by atoms with Crippen LogP contribution in [0.5, 0.6) is 5.75 Å². The molecule has 0 aliphatic rings. The quantitative estimate of drug-likeness (QED) is 0.674. The summed E-state index contributed by atoms with van der Waals surface area (Å²) in [6.07, 6.45) is 0. The van der Waals surface area contributed by atoms with Crippen molar-refractivity contribution in [3.63, 3.8) is 0 Å². The second kappa shape index (κ2) is 8.97.